The van der Waals surface area contributed by atoms with E-state index in [1.54, 1.807) is 32.1 Å². The standard InChI is InChI=1S/C12H14O3S/c1-8(13)6-10-4-3-5-11-7-9(2)16(14,15)12(10)11/h3-5,7-8,13H,6H2,1-2H3. The molecule has 3 nitrogen and oxygen atoms in total. The number of aliphatic hydroxyl groups excluding tert-OH is 1. The minimum absolute atomic E-state index is 0.365. The minimum atomic E-state index is -3.31. The highest BCUT2D eigenvalue weighted by Crippen LogP contribution is 2.35. The SMILES string of the molecule is CC1=Cc2cccc(CC(C)O)c2S1(=O)=O. The maximum atomic E-state index is 12.0. The molecule has 0 aliphatic carbocycles. The number of aliphatic hydroxyl groups is 1. The Hall–Kier alpha value is -1.13. The van der Waals surface area contributed by atoms with E-state index in [2.05, 4.69) is 0 Å². The molecule has 1 aromatic carbocycles. The van der Waals surface area contributed by atoms with Gasteiger partial charge in [0.1, 0.15) is 0 Å². The van der Waals surface area contributed by atoms with Gasteiger partial charge in [-0.25, -0.2) is 8.42 Å². The molecule has 16 heavy (non-hydrogen) atoms. The van der Waals surface area contributed by atoms with E-state index >= 15 is 0 Å². The molecular weight excluding hydrogens is 224 g/mol. The lowest BCUT2D eigenvalue weighted by atomic mass is 10.1. The van der Waals surface area contributed by atoms with Gasteiger partial charge in [-0.3, -0.25) is 0 Å². The van der Waals surface area contributed by atoms with Crippen LogP contribution in [0.25, 0.3) is 6.08 Å². The molecule has 0 amide bonds. The first-order valence-electron chi connectivity index (χ1n) is 5.16. The first kappa shape index (κ1) is 11.4. The molecule has 0 radical (unpaired) electrons. The summed E-state index contributed by atoms with van der Waals surface area (Å²) in [5, 5.41) is 9.36. The van der Waals surface area contributed by atoms with Crippen LogP contribution < -0.4 is 0 Å². The first-order valence-corrected chi connectivity index (χ1v) is 6.64. The average Bonchev–Trinajstić information content (AvgIpc) is 2.38. The highest BCUT2D eigenvalue weighted by molar-refractivity contribution is 7.95. The van der Waals surface area contributed by atoms with Crippen LogP contribution in [0.1, 0.15) is 25.0 Å². The number of benzene rings is 1. The van der Waals surface area contributed by atoms with Crippen LogP contribution >= 0.6 is 0 Å². The van der Waals surface area contributed by atoms with Gasteiger partial charge in [0.05, 0.1) is 11.0 Å². The van der Waals surface area contributed by atoms with Crippen molar-refractivity contribution >= 4 is 15.9 Å². The zero-order chi connectivity index (χ0) is 11.9. The molecule has 2 rings (SSSR count). The van der Waals surface area contributed by atoms with Gasteiger partial charge in [0, 0.05) is 4.91 Å². The Morgan fingerprint density at radius 3 is 2.69 bits per heavy atom. The fourth-order valence-electron chi connectivity index (χ4n) is 1.98. The molecule has 1 N–H and O–H groups in total. The van der Waals surface area contributed by atoms with Crippen LogP contribution in [0.2, 0.25) is 0 Å². The Balaban J connectivity index is 2.62. The average molecular weight is 238 g/mol. The number of rotatable bonds is 2. The van der Waals surface area contributed by atoms with Crippen molar-refractivity contribution in [1.29, 1.82) is 0 Å². The smallest absolute Gasteiger partial charge is 0.203 e. The Labute approximate surface area is 95.3 Å². The lowest BCUT2D eigenvalue weighted by Gasteiger charge is -2.10. The molecule has 0 saturated carbocycles. The van der Waals surface area contributed by atoms with Gasteiger partial charge in [0.15, 0.2) is 0 Å². The quantitative estimate of drug-likeness (QED) is 0.854. The van der Waals surface area contributed by atoms with Gasteiger partial charge in [-0.1, -0.05) is 18.2 Å². The van der Waals surface area contributed by atoms with Crippen LogP contribution in [0.3, 0.4) is 0 Å². The van der Waals surface area contributed by atoms with E-state index < -0.39 is 15.9 Å². The Bertz CT molecular complexity index is 554. The maximum Gasteiger partial charge on any atom is 0.203 e. The van der Waals surface area contributed by atoms with E-state index in [1.807, 2.05) is 6.07 Å². The summed E-state index contributed by atoms with van der Waals surface area (Å²) in [6.45, 7) is 3.25. The fraction of sp³-hybridized carbons (Fsp3) is 0.333. The molecule has 1 heterocycles. The van der Waals surface area contributed by atoms with Crippen molar-refractivity contribution in [2.45, 2.75) is 31.3 Å². The minimum Gasteiger partial charge on any atom is -0.393 e. The van der Waals surface area contributed by atoms with Gasteiger partial charge in [-0.2, -0.15) is 0 Å². The number of sulfone groups is 1. The number of allylic oxidation sites excluding steroid dienone is 1. The van der Waals surface area contributed by atoms with E-state index in [1.165, 1.54) is 0 Å². The van der Waals surface area contributed by atoms with Gasteiger partial charge < -0.3 is 5.11 Å². The van der Waals surface area contributed by atoms with E-state index in [9.17, 15) is 13.5 Å². The van der Waals surface area contributed by atoms with Crippen molar-refractivity contribution in [3.8, 4) is 0 Å². The number of fused-ring (bicyclic) bond motifs is 1. The Kier molecular flexibility index (Phi) is 2.64. The van der Waals surface area contributed by atoms with Crippen molar-refractivity contribution in [1.82, 2.24) is 0 Å². The summed E-state index contributed by atoms with van der Waals surface area (Å²) in [6.07, 6.45) is 1.50. The van der Waals surface area contributed by atoms with Crippen molar-refractivity contribution in [3.63, 3.8) is 0 Å². The van der Waals surface area contributed by atoms with Gasteiger partial charge in [0.25, 0.3) is 0 Å². The second-order valence-electron chi connectivity index (χ2n) is 4.15. The highest BCUT2D eigenvalue weighted by atomic mass is 32.2. The molecule has 0 aromatic heterocycles. The number of hydrogen-bond donors (Lipinski definition) is 1. The molecule has 4 heteroatoms. The zero-order valence-electron chi connectivity index (χ0n) is 9.27. The topological polar surface area (TPSA) is 54.4 Å². The van der Waals surface area contributed by atoms with Crippen molar-refractivity contribution in [3.05, 3.63) is 34.2 Å². The summed E-state index contributed by atoms with van der Waals surface area (Å²) < 4.78 is 24.1. The predicted octanol–water partition coefficient (Wildman–Crippen LogP) is 1.76. The molecule has 0 bridgehead atoms. The molecule has 0 fully saturated rings. The molecular formula is C12H14O3S. The summed E-state index contributed by atoms with van der Waals surface area (Å²) in [5.41, 5.74) is 1.43. The van der Waals surface area contributed by atoms with E-state index in [0.717, 1.165) is 5.56 Å². The first-order chi connectivity index (χ1) is 7.43. The van der Waals surface area contributed by atoms with E-state index in [4.69, 9.17) is 0 Å². The summed E-state index contributed by atoms with van der Waals surface area (Å²) in [7, 11) is -3.31. The van der Waals surface area contributed by atoms with Gasteiger partial charge in [0.2, 0.25) is 9.84 Å². The summed E-state index contributed by atoms with van der Waals surface area (Å²) >= 11 is 0. The van der Waals surface area contributed by atoms with Crippen LogP contribution in [0.5, 0.6) is 0 Å². The lowest BCUT2D eigenvalue weighted by Crippen LogP contribution is -2.09. The molecule has 1 unspecified atom stereocenters. The second kappa shape index (κ2) is 3.71. The third-order valence-electron chi connectivity index (χ3n) is 2.69. The molecule has 1 aromatic rings. The highest BCUT2D eigenvalue weighted by Gasteiger charge is 2.29. The zero-order valence-corrected chi connectivity index (χ0v) is 10.1. The second-order valence-corrected chi connectivity index (χ2v) is 6.21. The van der Waals surface area contributed by atoms with Crippen molar-refractivity contribution in [2.75, 3.05) is 0 Å². The van der Waals surface area contributed by atoms with Crippen LogP contribution in [0, 0.1) is 0 Å². The fourth-order valence-corrected chi connectivity index (χ4v) is 3.52. The predicted molar refractivity (Wildman–Crippen MR) is 62.7 cm³/mol. The van der Waals surface area contributed by atoms with Gasteiger partial charge in [-0.05, 0) is 37.5 Å². The lowest BCUT2D eigenvalue weighted by molar-refractivity contribution is 0.194. The molecule has 1 atom stereocenters. The van der Waals surface area contributed by atoms with Gasteiger partial charge >= 0.3 is 0 Å². The maximum absolute atomic E-state index is 12.0. The Morgan fingerprint density at radius 2 is 2.06 bits per heavy atom. The van der Waals surface area contributed by atoms with Crippen LogP contribution in [0.4, 0.5) is 0 Å². The normalized spacial score (nSPS) is 19.1. The Morgan fingerprint density at radius 1 is 1.38 bits per heavy atom. The van der Waals surface area contributed by atoms with Crippen LogP contribution in [-0.4, -0.2) is 19.6 Å². The third-order valence-corrected chi connectivity index (χ3v) is 4.69. The number of hydrogen-bond acceptors (Lipinski definition) is 3. The molecule has 86 valence electrons. The van der Waals surface area contributed by atoms with Crippen molar-refractivity contribution < 1.29 is 13.5 Å². The van der Waals surface area contributed by atoms with Crippen LogP contribution in [-0.2, 0) is 16.3 Å². The van der Waals surface area contributed by atoms with Crippen LogP contribution in [0.15, 0.2) is 28.0 Å². The summed E-state index contributed by atoms with van der Waals surface area (Å²) in [4.78, 5) is 0.744. The van der Waals surface area contributed by atoms with E-state index in [0.29, 0.717) is 21.8 Å². The molecule has 1 aliphatic heterocycles. The van der Waals surface area contributed by atoms with E-state index in [-0.39, 0.29) is 0 Å². The molecule has 0 saturated heterocycles. The third kappa shape index (κ3) is 1.68. The monoisotopic (exact) mass is 238 g/mol. The largest absolute Gasteiger partial charge is 0.393 e. The van der Waals surface area contributed by atoms with Crippen molar-refractivity contribution in [2.24, 2.45) is 0 Å². The summed E-state index contributed by atoms with van der Waals surface area (Å²) in [6, 6.07) is 5.37. The summed E-state index contributed by atoms with van der Waals surface area (Å²) in [5.74, 6) is 0. The van der Waals surface area contributed by atoms with Gasteiger partial charge in [-0.15, -0.1) is 0 Å². The molecule has 1 aliphatic rings. The molecule has 0 spiro atoms.